The second-order valence-corrected chi connectivity index (χ2v) is 5.17. The van der Waals surface area contributed by atoms with Crippen LogP contribution >= 0.6 is 0 Å². The molecule has 4 heteroatoms. The Bertz CT molecular complexity index is 830. The summed E-state index contributed by atoms with van der Waals surface area (Å²) >= 11 is 0. The van der Waals surface area contributed by atoms with Crippen molar-refractivity contribution in [2.24, 2.45) is 0 Å². The summed E-state index contributed by atoms with van der Waals surface area (Å²) in [6.45, 7) is 4.02. The van der Waals surface area contributed by atoms with Gasteiger partial charge in [0.15, 0.2) is 5.82 Å². The summed E-state index contributed by atoms with van der Waals surface area (Å²) in [4.78, 5) is 9.29. The molecular formula is C18H18N2O2. The fraction of sp³-hybridized carbons (Fsp3) is 0.222. The number of fused-ring (bicyclic) bond motifs is 1. The monoisotopic (exact) mass is 294 g/mol. The van der Waals surface area contributed by atoms with E-state index in [1.807, 2.05) is 50.2 Å². The molecule has 0 aliphatic heterocycles. The highest BCUT2D eigenvalue weighted by Gasteiger charge is 2.16. The molecule has 0 aliphatic carbocycles. The van der Waals surface area contributed by atoms with Gasteiger partial charge in [-0.3, -0.25) is 0 Å². The van der Waals surface area contributed by atoms with Crippen LogP contribution < -0.4 is 9.47 Å². The second-order valence-electron chi connectivity index (χ2n) is 5.17. The Hall–Kier alpha value is -2.62. The molecule has 3 rings (SSSR count). The lowest BCUT2D eigenvalue weighted by Gasteiger charge is -2.14. The van der Waals surface area contributed by atoms with Gasteiger partial charge in [-0.25, -0.2) is 4.98 Å². The lowest BCUT2D eigenvalue weighted by atomic mass is 10.1. The average molecular weight is 294 g/mol. The molecule has 0 unspecified atom stereocenters. The first kappa shape index (κ1) is 14.3. The van der Waals surface area contributed by atoms with Gasteiger partial charge in [-0.15, -0.1) is 0 Å². The number of hydrogen-bond donors (Lipinski definition) is 0. The van der Waals surface area contributed by atoms with Gasteiger partial charge in [0.1, 0.15) is 5.75 Å². The van der Waals surface area contributed by atoms with E-state index in [1.54, 1.807) is 14.2 Å². The molecule has 0 atom stereocenters. The Morgan fingerprint density at radius 2 is 1.64 bits per heavy atom. The van der Waals surface area contributed by atoms with Crippen LogP contribution in [0.4, 0.5) is 0 Å². The van der Waals surface area contributed by atoms with E-state index in [9.17, 15) is 0 Å². The number of benzene rings is 2. The van der Waals surface area contributed by atoms with Gasteiger partial charge in [0, 0.05) is 11.1 Å². The molecule has 0 amide bonds. The maximum atomic E-state index is 5.50. The van der Waals surface area contributed by atoms with E-state index >= 15 is 0 Å². The van der Waals surface area contributed by atoms with Gasteiger partial charge in [0.2, 0.25) is 5.88 Å². The first-order chi connectivity index (χ1) is 10.7. The molecule has 1 aromatic heterocycles. The largest absolute Gasteiger partial charge is 0.496 e. The minimum absolute atomic E-state index is 0.581. The summed E-state index contributed by atoms with van der Waals surface area (Å²) in [6.07, 6.45) is 0. The van der Waals surface area contributed by atoms with Gasteiger partial charge in [-0.2, -0.15) is 4.98 Å². The molecular weight excluding hydrogens is 276 g/mol. The van der Waals surface area contributed by atoms with Gasteiger partial charge in [0.05, 0.1) is 25.1 Å². The molecule has 3 aromatic rings. The van der Waals surface area contributed by atoms with Gasteiger partial charge in [-0.05, 0) is 25.5 Å². The molecule has 0 spiro atoms. The van der Waals surface area contributed by atoms with Crippen molar-refractivity contribution in [2.45, 2.75) is 13.8 Å². The van der Waals surface area contributed by atoms with Crippen molar-refractivity contribution >= 4 is 10.9 Å². The Morgan fingerprint density at radius 1 is 0.909 bits per heavy atom. The van der Waals surface area contributed by atoms with Crippen LogP contribution in [0, 0.1) is 13.8 Å². The highest BCUT2D eigenvalue weighted by atomic mass is 16.5. The Labute approximate surface area is 129 Å². The summed E-state index contributed by atoms with van der Waals surface area (Å²) < 4.78 is 11.0. The molecule has 0 saturated heterocycles. The van der Waals surface area contributed by atoms with Gasteiger partial charge >= 0.3 is 0 Å². The minimum Gasteiger partial charge on any atom is -0.496 e. The van der Waals surface area contributed by atoms with Gasteiger partial charge in [-0.1, -0.05) is 30.3 Å². The van der Waals surface area contributed by atoms with Crippen LogP contribution in [-0.2, 0) is 0 Å². The predicted octanol–water partition coefficient (Wildman–Crippen LogP) is 3.93. The normalized spacial score (nSPS) is 10.7. The number of nitrogens with zero attached hydrogens (tertiary/aromatic N) is 2. The summed E-state index contributed by atoms with van der Waals surface area (Å²) in [7, 11) is 3.31. The predicted molar refractivity (Wildman–Crippen MR) is 87.6 cm³/mol. The van der Waals surface area contributed by atoms with E-state index in [1.165, 1.54) is 0 Å². The van der Waals surface area contributed by atoms with Crippen molar-refractivity contribution in [2.75, 3.05) is 14.2 Å². The molecule has 0 saturated carbocycles. The number of hydrogen-bond acceptors (Lipinski definition) is 4. The zero-order valence-corrected chi connectivity index (χ0v) is 13.2. The lowest BCUT2D eigenvalue weighted by molar-refractivity contribution is 0.402. The second kappa shape index (κ2) is 5.64. The van der Waals surface area contributed by atoms with E-state index in [4.69, 9.17) is 14.5 Å². The van der Waals surface area contributed by atoms with Crippen molar-refractivity contribution < 1.29 is 9.47 Å². The summed E-state index contributed by atoms with van der Waals surface area (Å²) in [5, 5.41) is 0.901. The molecule has 0 aliphatic rings. The number of ether oxygens (including phenoxy) is 2. The fourth-order valence-electron chi connectivity index (χ4n) is 2.74. The molecule has 2 aromatic carbocycles. The zero-order valence-electron chi connectivity index (χ0n) is 13.2. The van der Waals surface area contributed by atoms with Gasteiger partial charge in [0.25, 0.3) is 0 Å². The molecule has 0 fully saturated rings. The van der Waals surface area contributed by atoms with Crippen LogP contribution in [-0.4, -0.2) is 24.2 Å². The van der Waals surface area contributed by atoms with Gasteiger partial charge < -0.3 is 9.47 Å². The average Bonchev–Trinajstić information content (AvgIpc) is 2.55. The third-order valence-electron chi connectivity index (χ3n) is 3.75. The van der Waals surface area contributed by atoms with Crippen LogP contribution in [0.25, 0.3) is 22.3 Å². The first-order valence-corrected chi connectivity index (χ1v) is 7.11. The van der Waals surface area contributed by atoms with Crippen LogP contribution in [0.5, 0.6) is 11.6 Å². The third-order valence-corrected chi connectivity index (χ3v) is 3.75. The van der Waals surface area contributed by atoms with Crippen molar-refractivity contribution in [3.8, 4) is 23.0 Å². The minimum atomic E-state index is 0.581. The molecule has 0 N–H and O–H groups in total. The summed E-state index contributed by atoms with van der Waals surface area (Å²) in [5.74, 6) is 2.09. The lowest BCUT2D eigenvalue weighted by Crippen LogP contribution is -2.00. The maximum absolute atomic E-state index is 5.50. The van der Waals surface area contributed by atoms with Crippen molar-refractivity contribution in [1.82, 2.24) is 9.97 Å². The Morgan fingerprint density at radius 3 is 2.27 bits per heavy atom. The van der Waals surface area contributed by atoms with Crippen molar-refractivity contribution in [3.63, 3.8) is 0 Å². The number of aromatic nitrogens is 2. The molecule has 0 radical (unpaired) electrons. The summed E-state index contributed by atoms with van der Waals surface area (Å²) in [5.41, 5.74) is 3.85. The topological polar surface area (TPSA) is 44.2 Å². The van der Waals surface area contributed by atoms with Crippen LogP contribution in [0.2, 0.25) is 0 Å². The fourth-order valence-corrected chi connectivity index (χ4v) is 2.74. The number of rotatable bonds is 3. The first-order valence-electron chi connectivity index (χ1n) is 7.11. The Kier molecular flexibility index (Phi) is 3.67. The SMILES string of the molecule is COc1c(C)cc2c(OC)nc(-c3ccccc3)nc2c1C. The number of methoxy groups -OCH3 is 2. The van der Waals surface area contributed by atoms with E-state index in [-0.39, 0.29) is 0 Å². The highest BCUT2D eigenvalue weighted by Crippen LogP contribution is 2.35. The molecule has 112 valence electrons. The molecule has 4 nitrogen and oxygen atoms in total. The zero-order chi connectivity index (χ0) is 15.7. The quantitative estimate of drug-likeness (QED) is 0.734. The standard InChI is InChI=1S/C18H18N2O2/c1-11-10-14-15(12(2)16(11)21-3)19-17(20-18(14)22-4)13-8-6-5-7-9-13/h5-10H,1-4H3. The maximum Gasteiger partial charge on any atom is 0.224 e. The van der Waals surface area contributed by atoms with Crippen molar-refractivity contribution in [3.05, 3.63) is 47.5 Å². The highest BCUT2D eigenvalue weighted by molar-refractivity contribution is 5.90. The smallest absolute Gasteiger partial charge is 0.224 e. The number of aryl methyl sites for hydroxylation is 2. The summed E-state index contributed by atoms with van der Waals surface area (Å²) in [6, 6.07) is 11.9. The van der Waals surface area contributed by atoms with Crippen LogP contribution in [0.15, 0.2) is 36.4 Å². The molecule has 22 heavy (non-hydrogen) atoms. The van der Waals surface area contributed by atoms with E-state index in [2.05, 4.69) is 4.98 Å². The van der Waals surface area contributed by atoms with E-state index in [0.29, 0.717) is 11.7 Å². The van der Waals surface area contributed by atoms with E-state index < -0.39 is 0 Å². The van der Waals surface area contributed by atoms with Crippen molar-refractivity contribution in [1.29, 1.82) is 0 Å². The molecule has 1 heterocycles. The third kappa shape index (κ3) is 2.26. The Balaban J connectivity index is 2.35. The van der Waals surface area contributed by atoms with Crippen LogP contribution in [0.1, 0.15) is 11.1 Å². The van der Waals surface area contributed by atoms with E-state index in [0.717, 1.165) is 33.3 Å². The van der Waals surface area contributed by atoms with Crippen LogP contribution in [0.3, 0.4) is 0 Å². The molecule has 0 bridgehead atoms.